The van der Waals surface area contributed by atoms with Gasteiger partial charge in [-0.15, -0.1) is 0 Å². The molecule has 0 bridgehead atoms. The Labute approximate surface area is 121 Å². The fraction of sp³-hybridized carbons (Fsp3) is 0.286. The predicted octanol–water partition coefficient (Wildman–Crippen LogP) is 1.66. The number of halogens is 2. The van der Waals surface area contributed by atoms with Crippen molar-refractivity contribution < 1.29 is 8.78 Å². The second kappa shape index (κ2) is 5.51. The van der Waals surface area contributed by atoms with Gasteiger partial charge in [0.2, 0.25) is 0 Å². The smallest absolute Gasteiger partial charge is 0.168 e. The van der Waals surface area contributed by atoms with Gasteiger partial charge in [-0.05, 0) is 12.1 Å². The maximum atomic E-state index is 13.8. The third kappa shape index (κ3) is 2.72. The van der Waals surface area contributed by atoms with Gasteiger partial charge < -0.3 is 15.5 Å². The van der Waals surface area contributed by atoms with E-state index < -0.39 is 11.6 Å². The average Bonchev–Trinajstić information content (AvgIpc) is 2.52. The Morgan fingerprint density at radius 1 is 1.00 bits per heavy atom. The molecule has 110 valence electrons. The molecular formula is C14H15F2N5. The summed E-state index contributed by atoms with van der Waals surface area (Å²) >= 11 is 0. The highest BCUT2D eigenvalue weighted by Crippen LogP contribution is 2.23. The number of nitrogens with zero attached hydrogens (tertiary/aromatic N) is 4. The van der Waals surface area contributed by atoms with Crippen molar-refractivity contribution in [2.24, 2.45) is 0 Å². The maximum absolute atomic E-state index is 13.8. The van der Waals surface area contributed by atoms with E-state index in [9.17, 15) is 8.78 Å². The van der Waals surface area contributed by atoms with Crippen LogP contribution in [0.25, 0.3) is 0 Å². The standard InChI is InChI=1S/C14H15F2N5/c15-10-9-11(16)14(19-13(10)17)21-7-5-20(6-8-21)12-3-1-2-4-18-12/h1-4,9H,5-8H2,(H2,17,19). The number of nitrogen functional groups attached to an aromatic ring is 1. The van der Waals surface area contributed by atoms with Crippen LogP contribution in [0.2, 0.25) is 0 Å². The van der Waals surface area contributed by atoms with Crippen molar-refractivity contribution in [3.63, 3.8) is 0 Å². The summed E-state index contributed by atoms with van der Waals surface area (Å²) in [4.78, 5) is 12.0. The normalized spacial score (nSPS) is 15.3. The number of pyridine rings is 2. The lowest BCUT2D eigenvalue weighted by Crippen LogP contribution is -2.47. The van der Waals surface area contributed by atoms with E-state index in [1.54, 1.807) is 11.1 Å². The van der Waals surface area contributed by atoms with Crippen molar-refractivity contribution in [1.29, 1.82) is 0 Å². The highest BCUT2D eigenvalue weighted by molar-refractivity contribution is 5.49. The van der Waals surface area contributed by atoms with Gasteiger partial charge in [0.15, 0.2) is 23.3 Å². The van der Waals surface area contributed by atoms with Crippen LogP contribution in [0.4, 0.5) is 26.2 Å². The third-order valence-corrected chi connectivity index (χ3v) is 3.49. The SMILES string of the molecule is Nc1nc(N2CCN(c3ccccn3)CC2)c(F)cc1F. The average molecular weight is 291 g/mol. The van der Waals surface area contributed by atoms with Gasteiger partial charge in [-0.2, -0.15) is 0 Å². The quantitative estimate of drug-likeness (QED) is 0.912. The molecule has 1 aliphatic heterocycles. The highest BCUT2D eigenvalue weighted by atomic mass is 19.1. The molecule has 3 rings (SSSR count). The number of nitrogens with two attached hydrogens (primary N) is 1. The van der Waals surface area contributed by atoms with E-state index in [-0.39, 0.29) is 11.6 Å². The van der Waals surface area contributed by atoms with Gasteiger partial charge in [-0.3, -0.25) is 0 Å². The van der Waals surface area contributed by atoms with Gasteiger partial charge in [-0.25, -0.2) is 18.7 Å². The molecule has 0 unspecified atom stereocenters. The van der Waals surface area contributed by atoms with Crippen molar-refractivity contribution in [3.05, 3.63) is 42.1 Å². The molecule has 7 heteroatoms. The van der Waals surface area contributed by atoms with Crippen LogP contribution in [0.3, 0.4) is 0 Å². The number of rotatable bonds is 2. The minimum Gasteiger partial charge on any atom is -0.381 e. The Bertz CT molecular complexity index is 627. The van der Waals surface area contributed by atoms with E-state index in [1.807, 2.05) is 18.2 Å². The van der Waals surface area contributed by atoms with Crippen LogP contribution < -0.4 is 15.5 Å². The second-order valence-electron chi connectivity index (χ2n) is 4.82. The first-order chi connectivity index (χ1) is 10.1. The van der Waals surface area contributed by atoms with Crippen LogP contribution in [-0.2, 0) is 0 Å². The lowest BCUT2D eigenvalue weighted by Gasteiger charge is -2.36. The van der Waals surface area contributed by atoms with Gasteiger partial charge in [0.25, 0.3) is 0 Å². The zero-order chi connectivity index (χ0) is 14.8. The van der Waals surface area contributed by atoms with E-state index in [2.05, 4.69) is 14.9 Å². The van der Waals surface area contributed by atoms with Crippen molar-refractivity contribution >= 4 is 17.5 Å². The Balaban J connectivity index is 1.73. The molecule has 2 aromatic rings. The fourth-order valence-corrected chi connectivity index (χ4v) is 2.38. The number of piperazine rings is 1. The lowest BCUT2D eigenvalue weighted by atomic mass is 10.3. The molecule has 0 amide bonds. The van der Waals surface area contributed by atoms with Crippen molar-refractivity contribution in [3.8, 4) is 0 Å². The molecule has 1 aliphatic rings. The molecule has 0 aromatic carbocycles. The molecule has 0 atom stereocenters. The van der Waals surface area contributed by atoms with Gasteiger partial charge >= 0.3 is 0 Å². The summed E-state index contributed by atoms with van der Waals surface area (Å²) < 4.78 is 27.0. The summed E-state index contributed by atoms with van der Waals surface area (Å²) in [5.74, 6) is -0.798. The topological polar surface area (TPSA) is 58.3 Å². The largest absolute Gasteiger partial charge is 0.381 e. The number of aromatic nitrogens is 2. The van der Waals surface area contributed by atoms with Crippen molar-refractivity contribution in [1.82, 2.24) is 9.97 Å². The lowest BCUT2D eigenvalue weighted by molar-refractivity contribution is 0.561. The van der Waals surface area contributed by atoms with E-state index in [0.717, 1.165) is 11.9 Å². The van der Waals surface area contributed by atoms with Crippen molar-refractivity contribution in [2.75, 3.05) is 41.7 Å². The zero-order valence-electron chi connectivity index (χ0n) is 11.3. The van der Waals surface area contributed by atoms with Crippen LogP contribution in [0.15, 0.2) is 30.5 Å². The first-order valence-corrected chi connectivity index (χ1v) is 6.67. The summed E-state index contributed by atoms with van der Waals surface area (Å²) in [5, 5.41) is 0. The molecule has 2 N–H and O–H groups in total. The minimum absolute atomic E-state index is 0.106. The summed E-state index contributed by atoms with van der Waals surface area (Å²) in [6.07, 6.45) is 1.74. The van der Waals surface area contributed by atoms with Gasteiger partial charge in [0.1, 0.15) is 5.82 Å². The minimum atomic E-state index is -0.830. The van der Waals surface area contributed by atoms with E-state index >= 15 is 0 Å². The van der Waals surface area contributed by atoms with Gasteiger partial charge in [-0.1, -0.05) is 6.07 Å². The maximum Gasteiger partial charge on any atom is 0.168 e. The summed E-state index contributed by atoms with van der Waals surface area (Å²) in [5.41, 5.74) is 5.41. The Hall–Kier alpha value is -2.44. The highest BCUT2D eigenvalue weighted by Gasteiger charge is 2.22. The van der Waals surface area contributed by atoms with Crippen LogP contribution in [0.1, 0.15) is 0 Å². The predicted molar refractivity (Wildman–Crippen MR) is 77.2 cm³/mol. The van der Waals surface area contributed by atoms with Crippen LogP contribution in [-0.4, -0.2) is 36.1 Å². The number of anilines is 3. The zero-order valence-corrected chi connectivity index (χ0v) is 11.3. The molecule has 21 heavy (non-hydrogen) atoms. The molecule has 0 radical (unpaired) electrons. The number of hydrogen-bond donors (Lipinski definition) is 1. The molecule has 0 aliphatic carbocycles. The van der Waals surface area contributed by atoms with Crippen molar-refractivity contribution in [2.45, 2.75) is 0 Å². The molecule has 0 saturated carbocycles. The van der Waals surface area contributed by atoms with E-state index in [4.69, 9.17) is 5.73 Å². The molecule has 0 spiro atoms. The number of hydrogen-bond acceptors (Lipinski definition) is 5. The Morgan fingerprint density at radius 3 is 2.38 bits per heavy atom. The summed E-state index contributed by atoms with van der Waals surface area (Å²) in [7, 11) is 0. The molecule has 1 fully saturated rings. The fourth-order valence-electron chi connectivity index (χ4n) is 2.38. The first kappa shape index (κ1) is 13.5. The molecular weight excluding hydrogens is 276 g/mol. The summed E-state index contributed by atoms with van der Waals surface area (Å²) in [6, 6.07) is 6.50. The Morgan fingerprint density at radius 2 is 1.71 bits per heavy atom. The molecule has 5 nitrogen and oxygen atoms in total. The molecule has 3 heterocycles. The molecule has 2 aromatic heterocycles. The second-order valence-corrected chi connectivity index (χ2v) is 4.82. The van der Waals surface area contributed by atoms with Gasteiger partial charge in [0, 0.05) is 38.4 Å². The van der Waals surface area contributed by atoms with Gasteiger partial charge in [0.05, 0.1) is 0 Å². The third-order valence-electron chi connectivity index (χ3n) is 3.49. The Kier molecular flexibility index (Phi) is 3.55. The van der Waals surface area contributed by atoms with E-state index in [1.165, 1.54) is 0 Å². The molecule has 1 saturated heterocycles. The van der Waals surface area contributed by atoms with Crippen LogP contribution >= 0.6 is 0 Å². The van der Waals surface area contributed by atoms with Crippen LogP contribution in [0, 0.1) is 11.6 Å². The van der Waals surface area contributed by atoms with Crippen LogP contribution in [0.5, 0.6) is 0 Å². The first-order valence-electron chi connectivity index (χ1n) is 6.67. The summed E-state index contributed by atoms with van der Waals surface area (Å²) in [6.45, 7) is 2.53. The monoisotopic (exact) mass is 291 g/mol. The van der Waals surface area contributed by atoms with E-state index in [0.29, 0.717) is 26.2 Å².